The fourth-order valence-electron chi connectivity index (χ4n) is 3.57. The molecule has 25 heavy (non-hydrogen) atoms. The number of benzene rings is 2. The quantitative estimate of drug-likeness (QED) is 0.858. The highest BCUT2D eigenvalue weighted by Crippen LogP contribution is 2.36. The molecule has 0 aliphatic heterocycles. The summed E-state index contributed by atoms with van der Waals surface area (Å²) in [5.41, 5.74) is 5.65. The summed E-state index contributed by atoms with van der Waals surface area (Å²) in [5.74, 6) is 0. The van der Waals surface area contributed by atoms with Gasteiger partial charge in [-0.1, -0.05) is 36.4 Å². The molecule has 0 heterocycles. The number of aryl methyl sites for hydroxylation is 2. The molecule has 0 saturated heterocycles. The van der Waals surface area contributed by atoms with Crippen LogP contribution >= 0.6 is 0 Å². The van der Waals surface area contributed by atoms with E-state index in [-0.39, 0.29) is 18.7 Å². The number of carbonyl (C=O) groups excluding carboxylic acids is 1. The number of amides is 2. The van der Waals surface area contributed by atoms with Crippen molar-refractivity contribution in [1.82, 2.24) is 4.90 Å². The van der Waals surface area contributed by atoms with Crippen LogP contribution in [0.3, 0.4) is 0 Å². The second-order valence-corrected chi connectivity index (χ2v) is 6.70. The average molecular weight is 338 g/mol. The molecule has 2 aromatic carbocycles. The third kappa shape index (κ3) is 3.69. The lowest BCUT2D eigenvalue weighted by Crippen LogP contribution is -2.38. The fraction of sp³-hybridized carbons (Fsp3) is 0.381. The van der Waals surface area contributed by atoms with Gasteiger partial charge in [-0.05, 0) is 61.4 Å². The van der Waals surface area contributed by atoms with Crippen LogP contribution in [0.15, 0.2) is 42.5 Å². The number of aliphatic hydroxyl groups excluding tert-OH is 1. The fourth-order valence-corrected chi connectivity index (χ4v) is 3.57. The molecule has 1 aliphatic rings. The van der Waals surface area contributed by atoms with Gasteiger partial charge in [0.2, 0.25) is 0 Å². The normalized spacial score (nSPS) is 15.7. The first-order valence-corrected chi connectivity index (χ1v) is 8.94. The van der Waals surface area contributed by atoms with Crippen molar-refractivity contribution < 1.29 is 9.90 Å². The van der Waals surface area contributed by atoms with E-state index in [4.69, 9.17) is 0 Å². The first kappa shape index (κ1) is 17.5. The molecule has 2 amide bonds. The Hall–Kier alpha value is -2.33. The van der Waals surface area contributed by atoms with Crippen molar-refractivity contribution in [3.63, 3.8) is 0 Å². The molecule has 2 N–H and O–H groups in total. The van der Waals surface area contributed by atoms with Gasteiger partial charge in [0, 0.05) is 18.8 Å². The number of nitrogens with one attached hydrogen (secondary N) is 1. The van der Waals surface area contributed by atoms with Crippen molar-refractivity contribution >= 4 is 11.7 Å². The van der Waals surface area contributed by atoms with Gasteiger partial charge in [-0.2, -0.15) is 0 Å². The Morgan fingerprint density at radius 2 is 2.00 bits per heavy atom. The second kappa shape index (κ2) is 7.70. The van der Waals surface area contributed by atoms with Crippen molar-refractivity contribution in [2.45, 2.75) is 39.2 Å². The van der Waals surface area contributed by atoms with Crippen LogP contribution in [0.1, 0.15) is 41.1 Å². The Labute approximate surface area is 149 Å². The van der Waals surface area contributed by atoms with Crippen LogP contribution in [0.5, 0.6) is 0 Å². The molecule has 0 aromatic heterocycles. The predicted octanol–water partition coefficient (Wildman–Crippen LogP) is 4.21. The van der Waals surface area contributed by atoms with E-state index in [0.717, 1.165) is 29.7 Å². The molecule has 0 fully saturated rings. The van der Waals surface area contributed by atoms with Crippen molar-refractivity contribution in [2.24, 2.45) is 0 Å². The van der Waals surface area contributed by atoms with E-state index >= 15 is 0 Å². The third-order valence-electron chi connectivity index (χ3n) is 5.14. The van der Waals surface area contributed by atoms with Crippen LogP contribution in [-0.2, 0) is 6.42 Å². The van der Waals surface area contributed by atoms with Gasteiger partial charge in [0.25, 0.3) is 0 Å². The molecule has 132 valence electrons. The molecule has 2 aromatic rings. The van der Waals surface area contributed by atoms with Crippen LogP contribution in [0, 0.1) is 13.8 Å². The van der Waals surface area contributed by atoms with E-state index in [2.05, 4.69) is 23.5 Å². The summed E-state index contributed by atoms with van der Waals surface area (Å²) in [5, 5.41) is 12.3. The van der Waals surface area contributed by atoms with E-state index in [1.54, 1.807) is 0 Å². The van der Waals surface area contributed by atoms with Gasteiger partial charge >= 0.3 is 6.03 Å². The molecule has 4 heteroatoms. The van der Waals surface area contributed by atoms with Crippen LogP contribution in [0.4, 0.5) is 10.5 Å². The number of anilines is 1. The van der Waals surface area contributed by atoms with E-state index in [1.807, 2.05) is 43.0 Å². The molecule has 0 saturated carbocycles. The number of hydrogen-bond donors (Lipinski definition) is 2. The van der Waals surface area contributed by atoms with E-state index < -0.39 is 0 Å². The van der Waals surface area contributed by atoms with Gasteiger partial charge < -0.3 is 15.3 Å². The van der Waals surface area contributed by atoms with Crippen molar-refractivity contribution in [3.8, 4) is 0 Å². The smallest absolute Gasteiger partial charge is 0.322 e. The maximum absolute atomic E-state index is 13.0. The van der Waals surface area contributed by atoms with Crippen LogP contribution in [0.2, 0.25) is 0 Å². The Morgan fingerprint density at radius 3 is 2.80 bits per heavy atom. The second-order valence-electron chi connectivity index (χ2n) is 6.70. The first-order chi connectivity index (χ1) is 12.1. The van der Waals surface area contributed by atoms with Crippen molar-refractivity contribution in [2.75, 3.05) is 18.5 Å². The van der Waals surface area contributed by atoms with Crippen molar-refractivity contribution in [1.29, 1.82) is 0 Å². The molecular formula is C21H26N2O2. The molecular weight excluding hydrogens is 312 g/mol. The first-order valence-electron chi connectivity index (χ1n) is 8.94. The number of rotatable bonds is 5. The number of aliphatic hydroxyl groups is 1. The lowest BCUT2D eigenvalue weighted by atomic mass is 10.1. The molecule has 3 rings (SSSR count). The summed E-state index contributed by atoms with van der Waals surface area (Å²) >= 11 is 0. The zero-order chi connectivity index (χ0) is 17.8. The van der Waals surface area contributed by atoms with Gasteiger partial charge in [0.15, 0.2) is 0 Å². The van der Waals surface area contributed by atoms with Gasteiger partial charge in [-0.3, -0.25) is 0 Å². The minimum Gasteiger partial charge on any atom is -0.396 e. The minimum atomic E-state index is -0.0937. The standard InChI is InChI=1S/C21H26N2O2/c1-15-7-5-10-19(16(15)2)22-21(25)23(13-6-14-24)20-12-11-17-8-3-4-9-18(17)20/h3-5,7-10,20,24H,6,11-14H2,1-2H3,(H,22,25). The third-order valence-corrected chi connectivity index (χ3v) is 5.14. The van der Waals surface area contributed by atoms with E-state index in [1.165, 1.54) is 11.1 Å². The van der Waals surface area contributed by atoms with Gasteiger partial charge in [-0.15, -0.1) is 0 Å². The highest BCUT2D eigenvalue weighted by molar-refractivity contribution is 5.90. The molecule has 1 atom stereocenters. The summed E-state index contributed by atoms with van der Waals surface area (Å²) in [7, 11) is 0. The summed E-state index contributed by atoms with van der Waals surface area (Å²) in [6, 6.07) is 14.3. The monoisotopic (exact) mass is 338 g/mol. The van der Waals surface area contributed by atoms with Crippen LogP contribution < -0.4 is 5.32 Å². The maximum atomic E-state index is 13.0. The summed E-state index contributed by atoms with van der Waals surface area (Å²) in [6.07, 6.45) is 2.51. The van der Waals surface area contributed by atoms with Crippen LogP contribution in [0.25, 0.3) is 0 Å². The van der Waals surface area contributed by atoms with E-state index in [9.17, 15) is 9.90 Å². The number of urea groups is 1. The average Bonchev–Trinajstić information content (AvgIpc) is 3.03. The van der Waals surface area contributed by atoms with Gasteiger partial charge in [0.1, 0.15) is 0 Å². The molecule has 0 bridgehead atoms. The molecule has 1 unspecified atom stereocenters. The van der Waals surface area contributed by atoms with Crippen LogP contribution in [-0.4, -0.2) is 29.2 Å². The molecule has 0 radical (unpaired) electrons. The molecule has 4 nitrogen and oxygen atoms in total. The summed E-state index contributed by atoms with van der Waals surface area (Å²) in [6.45, 7) is 4.70. The lowest BCUT2D eigenvalue weighted by Gasteiger charge is -2.30. The molecule has 0 spiro atoms. The SMILES string of the molecule is Cc1cccc(NC(=O)N(CCCO)C2CCc3ccccc32)c1C. The highest BCUT2D eigenvalue weighted by Gasteiger charge is 2.30. The number of fused-ring (bicyclic) bond motifs is 1. The number of carbonyl (C=O) groups is 1. The topological polar surface area (TPSA) is 52.6 Å². The molecule has 1 aliphatic carbocycles. The number of hydrogen-bond acceptors (Lipinski definition) is 2. The Kier molecular flexibility index (Phi) is 5.39. The minimum absolute atomic E-state index is 0.0767. The zero-order valence-electron chi connectivity index (χ0n) is 15.0. The Bertz CT molecular complexity index is 757. The van der Waals surface area contributed by atoms with Gasteiger partial charge in [0.05, 0.1) is 6.04 Å². The summed E-state index contributed by atoms with van der Waals surface area (Å²) in [4.78, 5) is 14.9. The summed E-state index contributed by atoms with van der Waals surface area (Å²) < 4.78 is 0. The lowest BCUT2D eigenvalue weighted by molar-refractivity contribution is 0.177. The number of nitrogens with zero attached hydrogens (tertiary/aromatic N) is 1. The Balaban J connectivity index is 1.83. The van der Waals surface area contributed by atoms with Gasteiger partial charge in [-0.25, -0.2) is 4.79 Å². The zero-order valence-corrected chi connectivity index (χ0v) is 15.0. The maximum Gasteiger partial charge on any atom is 0.322 e. The van der Waals surface area contributed by atoms with Crippen molar-refractivity contribution in [3.05, 3.63) is 64.7 Å². The predicted molar refractivity (Wildman–Crippen MR) is 101 cm³/mol. The Morgan fingerprint density at radius 1 is 1.20 bits per heavy atom. The van der Waals surface area contributed by atoms with E-state index in [0.29, 0.717) is 13.0 Å². The highest BCUT2D eigenvalue weighted by atomic mass is 16.3. The largest absolute Gasteiger partial charge is 0.396 e.